The first kappa shape index (κ1) is 20.6. The second-order valence-electron chi connectivity index (χ2n) is 7.08. The number of fused-ring (bicyclic) bond motifs is 1. The molecule has 0 saturated carbocycles. The molecule has 0 bridgehead atoms. The van der Waals surface area contributed by atoms with E-state index in [1.165, 1.54) is 0 Å². The largest absolute Gasteiger partial charge is 0.355 e. The predicted molar refractivity (Wildman–Crippen MR) is 118 cm³/mol. The van der Waals surface area contributed by atoms with Crippen LogP contribution in [0.2, 0.25) is 0 Å². The highest BCUT2D eigenvalue weighted by molar-refractivity contribution is 6.04. The number of nitrogens with zero attached hydrogens (tertiary/aromatic N) is 2. The van der Waals surface area contributed by atoms with Crippen LogP contribution in [0.1, 0.15) is 22.8 Å². The maximum atomic E-state index is 13.0. The number of hydrogen-bond donors (Lipinski definition) is 1. The third-order valence-electron chi connectivity index (χ3n) is 4.98. The van der Waals surface area contributed by atoms with Crippen LogP contribution in [0.4, 0.5) is 5.69 Å². The fourth-order valence-electron chi connectivity index (χ4n) is 3.51. The lowest BCUT2D eigenvalue weighted by Gasteiger charge is -2.25. The van der Waals surface area contributed by atoms with E-state index in [-0.39, 0.29) is 11.8 Å². The van der Waals surface area contributed by atoms with Crippen LogP contribution in [-0.2, 0) is 11.3 Å². The van der Waals surface area contributed by atoms with Crippen LogP contribution in [0.25, 0.3) is 10.8 Å². The van der Waals surface area contributed by atoms with Gasteiger partial charge in [0.15, 0.2) is 0 Å². The van der Waals surface area contributed by atoms with Gasteiger partial charge in [-0.2, -0.15) is 0 Å². The Morgan fingerprint density at radius 1 is 0.931 bits per heavy atom. The smallest absolute Gasteiger partial charge is 0.251 e. The third-order valence-corrected chi connectivity index (χ3v) is 4.98. The van der Waals surface area contributed by atoms with E-state index in [9.17, 15) is 9.59 Å². The number of hydrogen-bond acceptors (Lipinski definition) is 3. The number of amides is 2. The lowest BCUT2D eigenvalue weighted by Crippen LogP contribution is -2.39. The highest BCUT2D eigenvalue weighted by Crippen LogP contribution is 2.26. The van der Waals surface area contributed by atoms with E-state index in [0.29, 0.717) is 25.2 Å². The van der Waals surface area contributed by atoms with Gasteiger partial charge in [-0.25, -0.2) is 0 Å². The molecule has 5 heteroatoms. The van der Waals surface area contributed by atoms with Crippen molar-refractivity contribution in [3.8, 4) is 0 Å². The Bertz CT molecular complexity index is 993. The van der Waals surface area contributed by atoms with E-state index in [1.54, 1.807) is 19.2 Å². The fourth-order valence-corrected chi connectivity index (χ4v) is 3.51. The van der Waals surface area contributed by atoms with E-state index < -0.39 is 0 Å². The molecule has 3 aromatic rings. The molecular weight excluding hydrogens is 362 g/mol. The molecule has 150 valence electrons. The van der Waals surface area contributed by atoms with Crippen molar-refractivity contribution >= 4 is 28.3 Å². The monoisotopic (exact) mass is 389 g/mol. The number of carbonyl (C=O) groups excluding carboxylic acids is 2. The van der Waals surface area contributed by atoms with Crippen LogP contribution in [0.5, 0.6) is 0 Å². The van der Waals surface area contributed by atoms with Crippen molar-refractivity contribution in [3.63, 3.8) is 0 Å². The van der Waals surface area contributed by atoms with Crippen molar-refractivity contribution in [2.45, 2.75) is 13.5 Å². The maximum absolute atomic E-state index is 13.0. The van der Waals surface area contributed by atoms with Gasteiger partial charge in [-0.15, -0.1) is 0 Å². The molecule has 0 heterocycles. The number of anilines is 1. The van der Waals surface area contributed by atoms with Crippen molar-refractivity contribution in [1.29, 1.82) is 0 Å². The number of carbonyl (C=O) groups is 2. The summed E-state index contributed by atoms with van der Waals surface area (Å²) in [6.07, 6.45) is 0. The van der Waals surface area contributed by atoms with Gasteiger partial charge in [-0.3, -0.25) is 14.5 Å². The van der Waals surface area contributed by atoms with Crippen LogP contribution < -0.4 is 10.2 Å². The van der Waals surface area contributed by atoms with Gasteiger partial charge in [0.25, 0.3) is 5.91 Å². The van der Waals surface area contributed by atoms with Gasteiger partial charge in [0.1, 0.15) is 0 Å². The third kappa shape index (κ3) is 4.81. The minimum Gasteiger partial charge on any atom is -0.355 e. The lowest BCUT2D eigenvalue weighted by molar-refractivity contribution is -0.119. The van der Waals surface area contributed by atoms with Gasteiger partial charge < -0.3 is 10.2 Å². The first-order chi connectivity index (χ1) is 14.0. The van der Waals surface area contributed by atoms with Gasteiger partial charge in [0.2, 0.25) is 5.91 Å². The SMILES string of the molecule is CCN(C(=O)CN(C)Cc1ccc(C(=O)NC)cc1)c1cccc2ccccc12. The van der Waals surface area contributed by atoms with E-state index in [2.05, 4.69) is 23.5 Å². The zero-order valence-corrected chi connectivity index (χ0v) is 17.2. The highest BCUT2D eigenvalue weighted by Gasteiger charge is 2.18. The van der Waals surface area contributed by atoms with Crippen molar-refractivity contribution in [3.05, 3.63) is 77.9 Å². The molecule has 5 nitrogen and oxygen atoms in total. The summed E-state index contributed by atoms with van der Waals surface area (Å²) in [7, 11) is 3.55. The zero-order valence-electron chi connectivity index (χ0n) is 17.2. The van der Waals surface area contributed by atoms with Gasteiger partial charge in [-0.1, -0.05) is 48.5 Å². The standard InChI is InChI=1S/C24H27N3O2/c1-4-27(22-11-7-9-19-8-5-6-10-21(19)22)23(28)17-26(3)16-18-12-14-20(15-13-18)24(29)25-2/h5-15H,4,16-17H2,1-3H3,(H,25,29). The summed E-state index contributed by atoms with van der Waals surface area (Å²) in [6.45, 7) is 3.56. The van der Waals surface area contributed by atoms with Crippen molar-refractivity contribution < 1.29 is 9.59 Å². The normalized spacial score (nSPS) is 10.9. The minimum absolute atomic E-state index is 0.0633. The Balaban J connectivity index is 1.70. The van der Waals surface area contributed by atoms with Gasteiger partial charge >= 0.3 is 0 Å². The number of benzene rings is 3. The molecule has 0 saturated heterocycles. The predicted octanol–water partition coefficient (Wildman–Crippen LogP) is 3.68. The Kier molecular flexibility index (Phi) is 6.62. The average molecular weight is 389 g/mol. The summed E-state index contributed by atoms with van der Waals surface area (Å²) < 4.78 is 0. The molecule has 0 aromatic heterocycles. The van der Waals surface area contributed by atoms with Crippen LogP contribution in [0, 0.1) is 0 Å². The molecule has 0 aliphatic rings. The minimum atomic E-state index is -0.103. The molecule has 3 rings (SSSR count). The van der Waals surface area contributed by atoms with Crippen molar-refractivity contribution in [2.24, 2.45) is 0 Å². The molecule has 29 heavy (non-hydrogen) atoms. The topological polar surface area (TPSA) is 52.7 Å². The Morgan fingerprint density at radius 3 is 2.31 bits per heavy atom. The maximum Gasteiger partial charge on any atom is 0.251 e. The number of likely N-dealkylation sites (N-methyl/N-ethyl adjacent to an activating group) is 2. The summed E-state index contributed by atoms with van der Waals surface area (Å²) in [5.74, 6) is -0.0397. The van der Waals surface area contributed by atoms with Gasteiger partial charge in [-0.05, 0) is 43.1 Å². The summed E-state index contributed by atoms with van der Waals surface area (Å²) >= 11 is 0. The average Bonchev–Trinajstić information content (AvgIpc) is 2.74. The molecule has 0 atom stereocenters. The molecule has 0 fully saturated rings. The number of rotatable bonds is 7. The molecular formula is C24H27N3O2. The highest BCUT2D eigenvalue weighted by atomic mass is 16.2. The zero-order chi connectivity index (χ0) is 20.8. The van der Waals surface area contributed by atoms with Crippen LogP contribution in [-0.4, -0.2) is 43.9 Å². The van der Waals surface area contributed by atoms with E-state index in [1.807, 2.05) is 60.2 Å². The van der Waals surface area contributed by atoms with Crippen LogP contribution >= 0.6 is 0 Å². The Labute approximate surface area is 171 Å². The van der Waals surface area contributed by atoms with Crippen LogP contribution in [0.15, 0.2) is 66.7 Å². The van der Waals surface area contributed by atoms with E-state index in [4.69, 9.17) is 0 Å². The molecule has 0 spiro atoms. The molecule has 1 N–H and O–H groups in total. The molecule has 3 aromatic carbocycles. The summed E-state index contributed by atoms with van der Waals surface area (Å²) in [6, 6.07) is 21.6. The van der Waals surface area contributed by atoms with Crippen molar-refractivity contribution in [1.82, 2.24) is 10.2 Å². The lowest BCUT2D eigenvalue weighted by atomic mass is 10.1. The first-order valence-corrected chi connectivity index (χ1v) is 9.81. The van der Waals surface area contributed by atoms with Gasteiger partial charge in [0.05, 0.1) is 12.2 Å². The number of nitrogens with one attached hydrogen (secondary N) is 1. The molecule has 0 unspecified atom stereocenters. The van der Waals surface area contributed by atoms with E-state index >= 15 is 0 Å². The summed E-state index contributed by atoms with van der Waals surface area (Å²) in [5, 5.41) is 4.82. The fraction of sp³-hybridized carbons (Fsp3) is 0.250. The summed E-state index contributed by atoms with van der Waals surface area (Å²) in [5.41, 5.74) is 2.63. The summed E-state index contributed by atoms with van der Waals surface area (Å²) in [4.78, 5) is 28.5. The molecule has 2 amide bonds. The molecule has 0 aliphatic carbocycles. The quantitative estimate of drug-likeness (QED) is 0.671. The van der Waals surface area contributed by atoms with Crippen molar-refractivity contribution in [2.75, 3.05) is 32.1 Å². The Morgan fingerprint density at radius 2 is 1.62 bits per heavy atom. The van der Waals surface area contributed by atoms with Crippen LogP contribution in [0.3, 0.4) is 0 Å². The second kappa shape index (κ2) is 9.34. The molecule has 0 radical (unpaired) electrons. The molecule has 0 aliphatic heterocycles. The Hall–Kier alpha value is -3.18. The first-order valence-electron chi connectivity index (χ1n) is 9.81. The van der Waals surface area contributed by atoms with E-state index in [0.717, 1.165) is 22.0 Å². The second-order valence-corrected chi connectivity index (χ2v) is 7.08. The van der Waals surface area contributed by atoms with Gasteiger partial charge in [0, 0.05) is 31.1 Å².